The lowest BCUT2D eigenvalue weighted by Gasteiger charge is -2.01. The van der Waals surface area contributed by atoms with Gasteiger partial charge in [-0.2, -0.15) is 0 Å². The average molecular weight is 292 g/mol. The molecule has 2 N–H and O–H groups in total. The third kappa shape index (κ3) is 3.65. The van der Waals surface area contributed by atoms with Gasteiger partial charge in [0, 0.05) is 11.6 Å². The molecule has 4 heteroatoms. The fourth-order valence-electron chi connectivity index (χ4n) is 2.20. The van der Waals surface area contributed by atoms with E-state index in [0.29, 0.717) is 6.04 Å². The van der Waals surface area contributed by atoms with Gasteiger partial charge in [-0.25, -0.2) is 4.39 Å². The summed E-state index contributed by atoms with van der Waals surface area (Å²) >= 11 is 5.07. The van der Waals surface area contributed by atoms with Crippen LogP contribution in [-0.2, 0) is 6.42 Å². The van der Waals surface area contributed by atoms with Crippen molar-refractivity contribution in [3.63, 3.8) is 0 Å². The highest BCUT2D eigenvalue weighted by Gasteiger charge is 2.16. The molecule has 2 aromatic rings. The van der Waals surface area contributed by atoms with Crippen LogP contribution in [0.25, 0.3) is 0 Å². The number of halogens is 2. The zero-order valence-corrected chi connectivity index (χ0v) is 11.6. The molecule has 0 radical (unpaired) electrons. The lowest BCUT2D eigenvalue weighted by atomic mass is 10.1. The quantitative estimate of drug-likeness (QED) is 0.811. The van der Waals surface area contributed by atoms with Crippen molar-refractivity contribution in [3.05, 3.63) is 71.0 Å². The maximum Gasteiger partial charge on any atom is 0.252 e. The first kappa shape index (κ1) is 14.7. The average Bonchev–Trinajstić information content (AvgIpc) is 2.82. The Kier molecular flexibility index (Phi) is 4.88. The maximum atomic E-state index is 12.3. The fraction of sp³-hybridized carbons (Fsp3) is 0.188. The van der Waals surface area contributed by atoms with E-state index in [1.807, 2.05) is 0 Å². The van der Waals surface area contributed by atoms with Crippen LogP contribution in [-0.4, -0.2) is 5.24 Å². The van der Waals surface area contributed by atoms with Crippen LogP contribution in [0.5, 0.6) is 0 Å². The summed E-state index contributed by atoms with van der Waals surface area (Å²) in [6.45, 7) is 0. The number of aryl methyl sites for hydroxylation is 1. The molecule has 2 nitrogen and oxygen atoms in total. The Morgan fingerprint density at radius 2 is 1.95 bits per heavy atom. The first-order valence-electron chi connectivity index (χ1n) is 6.36. The first-order valence-corrected chi connectivity index (χ1v) is 6.74. The summed E-state index contributed by atoms with van der Waals surface area (Å²) in [6.07, 6.45) is 2.29. The third-order valence-corrected chi connectivity index (χ3v) is 3.45. The molecular weight excluding hydrogens is 277 g/mol. The number of fused-ring (bicyclic) bond motifs is 1. The minimum atomic E-state index is -0.639. The molecule has 0 saturated heterocycles. The Labute approximate surface area is 122 Å². The van der Waals surface area contributed by atoms with Crippen LogP contribution in [0.4, 0.5) is 4.39 Å². The summed E-state index contributed by atoms with van der Waals surface area (Å²) in [5, 5.41) is -0.639. The molecule has 0 heterocycles. The van der Waals surface area contributed by atoms with Crippen molar-refractivity contribution >= 4 is 16.8 Å². The van der Waals surface area contributed by atoms with Crippen LogP contribution in [0.15, 0.2) is 48.5 Å². The molecule has 2 aromatic carbocycles. The van der Waals surface area contributed by atoms with E-state index in [0.717, 1.165) is 18.9 Å². The summed E-state index contributed by atoms with van der Waals surface area (Å²) in [5.41, 5.74) is 8.82. The molecule has 0 aromatic heterocycles. The molecule has 1 aliphatic carbocycles. The van der Waals surface area contributed by atoms with E-state index in [4.69, 9.17) is 17.3 Å². The molecule has 104 valence electrons. The molecule has 0 saturated carbocycles. The highest BCUT2D eigenvalue weighted by Crippen LogP contribution is 2.28. The zero-order chi connectivity index (χ0) is 14.5. The van der Waals surface area contributed by atoms with E-state index in [1.165, 1.54) is 29.3 Å². The van der Waals surface area contributed by atoms with E-state index < -0.39 is 11.1 Å². The van der Waals surface area contributed by atoms with E-state index in [9.17, 15) is 9.18 Å². The van der Waals surface area contributed by atoms with Gasteiger partial charge in [0.1, 0.15) is 5.82 Å². The zero-order valence-electron chi connectivity index (χ0n) is 10.9. The van der Waals surface area contributed by atoms with Crippen molar-refractivity contribution in [1.82, 2.24) is 0 Å². The molecular formula is C16H15ClFNO. The van der Waals surface area contributed by atoms with Gasteiger partial charge in [-0.15, -0.1) is 0 Å². The highest BCUT2D eigenvalue weighted by atomic mass is 35.5. The summed E-state index contributed by atoms with van der Waals surface area (Å²) in [5.74, 6) is -0.452. The lowest BCUT2D eigenvalue weighted by molar-refractivity contribution is 0.108. The number of hydrogen-bond acceptors (Lipinski definition) is 2. The molecule has 0 bridgehead atoms. The number of carbonyl (C=O) groups excluding carboxylic acids is 1. The summed E-state index contributed by atoms with van der Waals surface area (Å²) < 4.78 is 12.3. The van der Waals surface area contributed by atoms with Crippen LogP contribution < -0.4 is 5.73 Å². The summed E-state index contributed by atoms with van der Waals surface area (Å²) in [4.78, 5) is 10.4. The molecule has 0 amide bonds. The predicted molar refractivity (Wildman–Crippen MR) is 78.3 cm³/mol. The van der Waals surface area contributed by atoms with E-state index in [1.54, 1.807) is 0 Å². The molecule has 1 atom stereocenters. The van der Waals surface area contributed by atoms with Gasteiger partial charge >= 0.3 is 0 Å². The Hall–Kier alpha value is -1.71. The number of carbonyl (C=O) groups is 1. The second kappa shape index (κ2) is 6.64. The fourth-order valence-corrected chi connectivity index (χ4v) is 2.32. The van der Waals surface area contributed by atoms with Crippen molar-refractivity contribution in [2.45, 2.75) is 18.9 Å². The van der Waals surface area contributed by atoms with Crippen LogP contribution >= 0.6 is 11.6 Å². The number of hydrogen-bond donors (Lipinski definition) is 1. The van der Waals surface area contributed by atoms with E-state index in [2.05, 4.69) is 24.3 Å². The largest absolute Gasteiger partial charge is 0.324 e. The first-order chi connectivity index (χ1) is 9.58. The van der Waals surface area contributed by atoms with Gasteiger partial charge < -0.3 is 5.73 Å². The topological polar surface area (TPSA) is 43.1 Å². The molecule has 0 spiro atoms. The normalized spacial score (nSPS) is 16.1. The lowest BCUT2D eigenvalue weighted by Crippen LogP contribution is -2.04. The van der Waals surface area contributed by atoms with Gasteiger partial charge in [-0.05, 0) is 53.8 Å². The van der Waals surface area contributed by atoms with Gasteiger partial charge in [0.15, 0.2) is 0 Å². The molecule has 1 aliphatic rings. The summed E-state index contributed by atoms with van der Waals surface area (Å²) in [6, 6.07) is 14.0. The van der Waals surface area contributed by atoms with Crippen LogP contribution in [0, 0.1) is 5.82 Å². The van der Waals surface area contributed by atoms with Crippen LogP contribution in [0.1, 0.15) is 33.9 Å². The van der Waals surface area contributed by atoms with Gasteiger partial charge in [0.2, 0.25) is 0 Å². The van der Waals surface area contributed by atoms with Gasteiger partial charge in [0.25, 0.3) is 5.24 Å². The van der Waals surface area contributed by atoms with Crippen molar-refractivity contribution in [3.8, 4) is 0 Å². The molecule has 1 unspecified atom stereocenters. The van der Waals surface area contributed by atoms with E-state index in [-0.39, 0.29) is 5.56 Å². The highest BCUT2D eigenvalue weighted by molar-refractivity contribution is 6.67. The number of benzene rings is 2. The van der Waals surface area contributed by atoms with Crippen LogP contribution in [0.3, 0.4) is 0 Å². The molecule has 20 heavy (non-hydrogen) atoms. The third-order valence-electron chi connectivity index (χ3n) is 3.23. The SMILES string of the molecule is NC1CCc2ccccc21.O=C(Cl)c1cccc(F)c1. The number of nitrogens with two attached hydrogens (primary N) is 1. The summed E-state index contributed by atoms with van der Waals surface area (Å²) in [7, 11) is 0. The predicted octanol–water partition coefficient (Wildman–Crippen LogP) is 3.84. The van der Waals surface area contributed by atoms with E-state index >= 15 is 0 Å². The Morgan fingerprint density at radius 3 is 2.55 bits per heavy atom. The van der Waals surface area contributed by atoms with Gasteiger partial charge in [-0.1, -0.05) is 30.3 Å². The molecule has 3 rings (SSSR count). The van der Waals surface area contributed by atoms with Crippen LogP contribution in [0.2, 0.25) is 0 Å². The molecule has 0 fully saturated rings. The Bertz CT molecular complexity index is 615. The van der Waals surface area contributed by atoms with Crippen molar-refractivity contribution in [2.24, 2.45) is 5.73 Å². The maximum absolute atomic E-state index is 12.3. The second-order valence-corrected chi connectivity index (χ2v) is 4.97. The van der Waals surface area contributed by atoms with Crippen molar-refractivity contribution < 1.29 is 9.18 Å². The Morgan fingerprint density at radius 1 is 1.20 bits per heavy atom. The standard InChI is InChI=1S/C9H11N.C7H4ClFO/c10-9-6-5-7-3-1-2-4-8(7)9;8-7(10)5-2-1-3-6(9)4-5/h1-4,9H,5-6,10H2;1-4H. The Balaban J connectivity index is 0.000000147. The minimum Gasteiger partial charge on any atom is -0.324 e. The number of rotatable bonds is 1. The second-order valence-electron chi connectivity index (χ2n) is 4.63. The molecule has 0 aliphatic heterocycles. The monoisotopic (exact) mass is 291 g/mol. The van der Waals surface area contributed by atoms with Gasteiger partial charge in [-0.3, -0.25) is 4.79 Å². The van der Waals surface area contributed by atoms with Crippen molar-refractivity contribution in [2.75, 3.05) is 0 Å². The van der Waals surface area contributed by atoms with Crippen molar-refractivity contribution in [1.29, 1.82) is 0 Å². The minimum absolute atomic E-state index is 0.182. The smallest absolute Gasteiger partial charge is 0.252 e. The van der Waals surface area contributed by atoms with Gasteiger partial charge in [0.05, 0.1) is 0 Å².